The van der Waals surface area contributed by atoms with Gasteiger partial charge in [-0.05, 0) is 83.5 Å². The fourth-order valence-corrected chi connectivity index (χ4v) is 6.26. The van der Waals surface area contributed by atoms with Crippen LogP contribution < -0.4 is 0 Å². The van der Waals surface area contributed by atoms with Gasteiger partial charge in [-0.1, -0.05) is 201 Å². The first kappa shape index (κ1) is 56.3. The number of hydrogen-bond donors (Lipinski definition) is 0. The number of esters is 3. The molecule has 0 radical (unpaired) electrons. The van der Waals surface area contributed by atoms with Gasteiger partial charge in [0.15, 0.2) is 6.10 Å². The summed E-state index contributed by atoms with van der Waals surface area (Å²) in [5.74, 6) is -0.995. The van der Waals surface area contributed by atoms with Crippen molar-refractivity contribution in [2.45, 2.75) is 213 Å². The topological polar surface area (TPSA) is 78.9 Å². The van der Waals surface area contributed by atoms with E-state index in [4.69, 9.17) is 14.2 Å². The molecule has 0 saturated heterocycles. The first-order chi connectivity index (χ1) is 29.5. The zero-order valence-electron chi connectivity index (χ0n) is 38.7. The molecule has 0 fully saturated rings. The highest BCUT2D eigenvalue weighted by molar-refractivity contribution is 5.71. The van der Waals surface area contributed by atoms with E-state index in [9.17, 15) is 14.4 Å². The zero-order chi connectivity index (χ0) is 43.7. The third-order valence-corrected chi connectivity index (χ3v) is 9.95. The number of unbranched alkanes of at least 4 members (excludes halogenated alkanes) is 20. The van der Waals surface area contributed by atoms with Crippen molar-refractivity contribution in [2.75, 3.05) is 13.2 Å². The average Bonchev–Trinajstić information content (AvgIpc) is 3.24. The Morgan fingerprint density at radius 2 is 0.683 bits per heavy atom. The SMILES string of the molecule is CC\C=C/C=C\C=C/C=C\C=C/CCCCCC(=O)OC(COC(=O)CCCCC/C=C\C=C/CCCCCCCCC)COC(=O)CCCCCCC/C=C\CCCC. The molecule has 0 heterocycles. The van der Waals surface area contributed by atoms with Gasteiger partial charge >= 0.3 is 17.9 Å². The van der Waals surface area contributed by atoms with Crippen LogP contribution in [0.5, 0.6) is 0 Å². The molecule has 0 aliphatic carbocycles. The van der Waals surface area contributed by atoms with Gasteiger partial charge in [0.25, 0.3) is 0 Å². The molecule has 60 heavy (non-hydrogen) atoms. The van der Waals surface area contributed by atoms with Gasteiger partial charge in [0.05, 0.1) is 0 Å². The summed E-state index contributed by atoms with van der Waals surface area (Å²) in [7, 11) is 0. The Bertz CT molecular complexity index is 1230. The molecule has 0 rings (SSSR count). The van der Waals surface area contributed by atoms with Crippen LogP contribution in [0.3, 0.4) is 0 Å². The van der Waals surface area contributed by atoms with Crippen molar-refractivity contribution in [2.24, 2.45) is 0 Å². The van der Waals surface area contributed by atoms with E-state index in [1.54, 1.807) is 0 Å². The van der Waals surface area contributed by atoms with Gasteiger partial charge in [0, 0.05) is 19.3 Å². The Balaban J connectivity index is 4.53. The van der Waals surface area contributed by atoms with Crippen LogP contribution in [-0.4, -0.2) is 37.2 Å². The van der Waals surface area contributed by atoms with E-state index in [0.717, 1.165) is 89.9 Å². The predicted octanol–water partition coefficient (Wildman–Crippen LogP) is 15.8. The molecule has 6 nitrogen and oxygen atoms in total. The van der Waals surface area contributed by atoms with Crippen molar-refractivity contribution in [1.29, 1.82) is 0 Å². The van der Waals surface area contributed by atoms with E-state index in [1.165, 1.54) is 70.6 Å². The highest BCUT2D eigenvalue weighted by Gasteiger charge is 2.19. The van der Waals surface area contributed by atoms with Crippen LogP contribution in [0, 0.1) is 0 Å². The lowest BCUT2D eigenvalue weighted by molar-refractivity contribution is -0.167. The van der Waals surface area contributed by atoms with Gasteiger partial charge < -0.3 is 14.2 Å². The number of allylic oxidation sites excluding steroid dienone is 16. The van der Waals surface area contributed by atoms with Crippen molar-refractivity contribution in [3.8, 4) is 0 Å². The molecule has 0 spiro atoms. The van der Waals surface area contributed by atoms with Crippen LogP contribution in [0.1, 0.15) is 207 Å². The quantitative estimate of drug-likeness (QED) is 0.0200. The number of ether oxygens (including phenoxy) is 3. The lowest BCUT2D eigenvalue weighted by Crippen LogP contribution is -2.30. The Kier molecular flexibility index (Phi) is 45.1. The lowest BCUT2D eigenvalue weighted by Gasteiger charge is -2.18. The normalized spacial score (nSPS) is 12.9. The van der Waals surface area contributed by atoms with Crippen molar-refractivity contribution in [1.82, 2.24) is 0 Å². The highest BCUT2D eigenvalue weighted by Crippen LogP contribution is 2.12. The van der Waals surface area contributed by atoms with Crippen LogP contribution in [0.4, 0.5) is 0 Å². The third-order valence-electron chi connectivity index (χ3n) is 9.95. The molecular formula is C54H88O6. The maximum atomic E-state index is 12.7. The van der Waals surface area contributed by atoms with Gasteiger partial charge in [0.1, 0.15) is 13.2 Å². The molecule has 1 unspecified atom stereocenters. The van der Waals surface area contributed by atoms with Crippen LogP contribution in [0.15, 0.2) is 97.2 Å². The highest BCUT2D eigenvalue weighted by atomic mass is 16.6. The Labute approximate surface area is 368 Å². The largest absolute Gasteiger partial charge is 0.462 e. The van der Waals surface area contributed by atoms with E-state index < -0.39 is 6.10 Å². The monoisotopic (exact) mass is 833 g/mol. The minimum atomic E-state index is -0.813. The molecule has 0 bridgehead atoms. The molecule has 0 aliphatic heterocycles. The number of carbonyl (C=O) groups is 3. The van der Waals surface area contributed by atoms with E-state index in [1.807, 2.05) is 48.6 Å². The molecule has 0 N–H and O–H groups in total. The lowest BCUT2D eigenvalue weighted by atomic mass is 10.1. The van der Waals surface area contributed by atoms with Gasteiger partial charge in [-0.25, -0.2) is 0 Å². The third kappa shape index (κ3) is 45.4. The van der Waals surface area contributed by atoms with Gasteiger partial charge in [-0.3, -0.25) is 14.4 Å². The molecular weight excluding hydrogens is 745 g/mol. The minimum absolute atomic E-state index is 0.109. The van der Waals surface area contributed by atoms with Crippen molar-refractivity contribution >= 4 is 17.9 Å². The molecule has 0 aliphatic rings. The first-order valence-corrected chi connectivity index (χ1v) is 24.3. The minimum Gasteiger partial charge on any atom is -0.462 e. The van der Waals surface area contributed by atoms with Crippen LogP contribution in [-0.2, 0) is 28.6 Å². The smallest absolute Gasteiger partial charge is 0.306 e. The average molecular weight is 833 g/mol. The van der Waals surface area contributed by atoms with Crippen molar-refractivity contribution in [3.05, 3.63) is 97.2 Å². The van der Waals surface area contributed by atoms with Crippen molar-refractivity contribution < 1.29 is 28.6 Å². The fourth-order valence-electron chi connectivity index (χ4n) is 6.26. The predicted molar refractivity (Wildman–Crippen MR) is 256 cm³/mol. The van der Waals surface area contributed by atoms with Gasteiger partial charge in [-0.2, -0.15) is 0 Å². The number of rotatable bonds is 42. The molecule has 1 atom stereocenters. The molecule has 0 aromatic rings. The van der Waals surface area contributed by atoms with E-state index in [0.29, 0.717) is 19.3 Å². The summed E-state index contributed by atoms with van der Waals surface area (Å²) >= 11 is 0. The van der Waals surface area contributed by atoms with Crippen molar-refractivity contribution in [3.63, 3.8) is 0 Å². The Morgan fingerprint density at radius 1 is 0.350 bits per heavy atom. The Hall–Kier alpha value is -3.67. The number of hydrogen-bond acceptors (Lipinski definition) is 6. The van der Waals surface area contributed by atoms with E-state index in [-0.39, 0.29) is 37.5 Å². The van der Waals surface area contributed by atoms with Gasteiger partial charge in [0.2, 0.25) is 0 Å². The maximum absolute atomic E-state index is 12.7. The molecule has 0 aromatic heterocycles. The second kappa shape index (κ2) is 48.0. The second-order valence-electron chi connectivity index (χ2n) is 15.8. The summed E-state index contributed by atoms with van der Waals surface area (Å²) in [6.45, 7) is 6.36. The molecule has 0 aromatic carbocycles. The van der Waals surface area contributed by atoms with Crippen LogP contribution >= 0.6 is 0 Å². The van der Waals surface area contributed by atoms with E-state index in [2.05, 4.69) is 69.4 Å². The maximum Gasteiger partial charge on any atom is 0.306 e. The van der Waals surface area contributed by atoms with Crippen LogP contribution in [0.2, 0.25) is 0 Å². The molecule has 6 heteroatoms. The summed E-state index contributed by atoms with van der Waals surface area (Å²) in [5, 5.41) is 0. The zero-order valence-corrected chi connectivity index (χ0v) is 38.7. The first-order valence-electron chi connectivity index (χ1n) is 24.3. The van der Waals surface area contributed by atoms with Crippen LogP contribution in [0.25, 0.3) is 0 Å². The molecule has 0 amide bonds. The Morgan fingerprint density at radius 3 is 1.15 bits per heavy atom. The summed E-state index contributed by atoms with van der Waals surface area (Å²) in [5.41, 5.74) is 0. The van der Waals surface area contributed by atoms with Gasteiger partial charge in [-0.15, -0.1) is 0 Å². The summed E-state index contributed by atoms with van der Waals surface area (Å²) < 4.78 is 16.7. The molecule has 0 saturated carbocycles. The fraction of sp³-hybridized carbons (Fsp3) is 0.648. The molecule has 340 valence electrons. The summed E-state index contributed by atoms with van der Waals surface area (Å²) in [6, 6.07) is 0. The summed E-state index contributed by atoms with van der Waals surface area (Å²) in [6.07, 6.45) is 62.5. The second-order valence-corrected chi connectivity index (χ2v) is 15.8. The summed E-state index contributed by atoms with van der Waals surface area (Å²) in [4.78, 5) is 37.8. The van der Waals surface area contributed by atoms with E-state index >= 15 is 0 Å². The standard InChI is InChI=1S/C54H88O6/c1-4-7-10-13-16-19-22-24-26-28-29-32-35-38-41-44-47-53(56)59-50-51(49-58-52(55)46-43-40-37-34-31-21-18-15-12-9-6-3)60-54(57)48-45-42-39-36-33-30-27-25-23-20-17-14-11-8-5-2/h8,11,14-15,17-18,20,23,25-30,32-33,51H,4-7,9-10,12-13,16,19,21-22,24,31,34-50H2,1-3H3/b11-8-,17-14-,18-15-,23-20-,27-25-,28-26-,32-29-,33-30-. The number of carbonyl (C=O) groups excluding carboxylic acids is 3.